The number of halogens is 1. The van der Waals surface area contributed by atoms with Crippen molar-refractivity contribution >= 4 is 18.4 Å². The Balaban J connectivity index is 0. The van der Waals surface area contributed by atoms with Crippen LogP contribution in [0, 0.1) is 0 Å². The molecule has 0 aromatic rings. The molecule has 0 aliphatic rings. The van der Waals surface area contributed by atoms with Crippen LogP contribution in [0.2, 0.25) is 0 Å². The van der Waals surface area contributed by atoms with E-state index in [9.17, 15) is 4.79 Å². The number of carboxylic acids is 1. The van der Waals surface area contributed by atoms with Gasteiger partial charge in [-0.15, -0.1) is 12.4 Å². The Kier molecular flexibility index (Phi) is 12.2. The van der Waals surface area contributed by atoms with Crippen LogP contribution in [0.5, 0.6) is 0 Å². The highest BCUT2D eigenvalue weighted by molar-refractivity contribution is 5.85. The van der Waals surface area contributed by atoms with E-state index in [4.69, 9.17) is 5.11 Å². The molecule has 0 aliphatic carbocycles. The maximum atomic E-state index is 10.0. The number of hydrogen-bond acceptors (Lipinski definition) is 1. The standard InChI is InChI=1S/C10H14O2.ClH/c1-2-3-4-5-6-7-8-9-10(11)12;/h2-5,8-9H,6-7H2,1H3,(H,11,12);1H. The van der Waals surface area contributed by atoms with Crippen LogP contribution >= 0.6 is 12.4 Å². The molecule has 0 saturated heterocycles. The van der Waals surface area contributed by atoms with Crippen molar-refractivity contribution < 1.29 is 9.90 Å². The van der Waals surface area contributed by atoms with Gasteiger partial charge in [-0.1, -0.05) is 30.4 Å². The molecule has 0 spiro atoms. The molecule has 0 fully saturated rings. The third-order valence-corrected chi connectivity index (χ3v) is 1.20. The number of allylic oxidation sites excluding steroid dienone is 5. The lowest BCUT2D eigenvalue weighted by atomic mass is 10.2. The molecule has 3 heteroatoms. The summed E-state index contributed by atoms with van der Waals surface area (Å²) in [6.07, 6.45) is 12.3. The maximum Gasteiger partial charge on any atom is 0.327 e. The van der Waals surface area contributed by atoms with E-state index < -0.39 is 5.97 Å². The van der Waals surface area contributed by atoms with Crippen LogP contribution in [-0.4, -0.2) is 11.1 Å². The summed E-state index contributed by atoms with van der Waals surface area (Å²) in [6, 6.07) is 0. The third kappa shape index (κ3) is 13.9. The Labute approximate surface area is 85.1 Å². The van der Waals surface area contributed by atoms with E-state index in [0.29, 0.717) is 0 Å². The minimum Gasteiger partial charge on any atom is -0.478 e. The third-order valence-electron chi connectivity index (χ3n) is 1.20. The second-order valence-corrected chi connectivity index (χ2v) is 2.27. The molecule has 0 aromatic heterocycles. The fourth-order valence-electron chi connectivity index (χ4n) is 0.663. The zero-order valence-electron chi connectivity index (χ0n) is 7.64. The van der Waals surface area contributed by atoms with Crippen molar-refractivity contribution in [2.24, 2.45) is 0 Å². The van der Waals surface area contributed by atoms with E-state index in [-0.39, 0.29) is 12.4 Å². The average Bonchev–Trinajstić information content (AvgIpc) is 2.02. The quantitative estimate of drug-likeness (QED) is 0.423. The molecule has 2 nitrogen and oxygen atoms in total. The highest BCUT2D eigenvalue weighted by atomic mass is 35.5. The number of aliphatic carboxylic acids is 1. The molecule has 0 unspecified atom stereocenters. The topological polar surface area (TPSA) is 37.3 Å². The van der Waals surface area contributed by atoms with Crippen molar-refractivity contribution in [2.75, 3.05) is 0 Å². The molecule has 0 atom stereocenters. The van der Waals surface area contributed by atoms with Gasteiger partial charge in [0, 0.05) is 6.08 Å². The summed E-state index contributed by atoms with van der Waals surface area (Å²) < 4.78 is 0. The van der Waals surface area contributed by atoms with Gasteiger partial charge in [-0.3, -0.25) is 0 Å². The van der Waals surface area contributed by atoms with Crippen molar-refractivity contribution in [1.82, 2.24) is 0 Å². The number of carbonyl (C=O) groups is 1. The van der Waals surface area contributed by atoms with Gasteiger partial charge in [-0.05, 0) is 19.8 Å². The summed E-state index contributed by atoms with van der Waals surface area (Å²) in [5.41, 5.74) is 0. The minimum atomic E-state index is -0.882. The number of hydrogen-bond donors (Lipinski definition) is 1. The van der Waals surface area contributed by atoms with E-state index >= 15 is 0 Å². The highest BCUT2D eigenvalue weighted by Crippen LogP contribution is 1.92. The zero-order valence-corrected chi connectivity index (χ0v) is 8.46. The lowest BCUT2D eigenvalue weighted by Gasteiger charge is -1.83. The van der Waals surface area contributed by atoms with Gasteiger partial charge in [0.15, 0.2) is 0 Å². The van der Waals surface area contributed by atoms with Gasteiger partial charge in [0.1, 0.15) is 0 Å². The van der Waals surface area contributed by atoms with Crippen LogP contribution in [0.25, 0.3) is 0 Å². The van der Waals surface area contributed by atoms with Crippen LogP contribution < -0.4 is 0 Å². The number of rotatable bonds is 5. The van der Waals surface area contributed by atoms with Crippen LogP contribution in [0.3, 0.4) is 0 Å². The van der Waals surface area contributed by atoms with Crippen LogP contribution in [0.1, 0.15) is 19.8 Å². The molecular weight excluding hydrogens is 188 g/mol. The fraction of sp³-hybridized carbons (Fsp3) is 0.300. The summed E-state index contributed by atoms with van der Waals surface area (Å²) in [4.78, 5) is 10.0. The largest absolute Gasteiger partial charge is 0.478 e. The van der Waals surface area contributed by atoms with Crippen LogP contribution in [0.15, 0.2) is 36.5 Å². The van der Waals surface area contributed by atoms with Gasteiger partial charge >= 0.3 is 5.97 Å². The summed E-state index contributed by atoms with van der Waals surface area (Å²) in [5.74, 6) is -0.882. The predicted molar refractivity (Wildman–Crippen MR) is 57.2 cm³/mol. The molecule has 0 heterocycles. The van der Waals surface area contributed by atoms with E-state index in [1.54, 1.807) is 6.08 Å². The Bertz CT molecular complexity index is 205. The molecule has 0 radical (unpaired) electrons. The van der Waals surface area contributed by atoms with Gasteiger partial charge in [-0.25, -0.2) is 4.79 Å². The molecule has 0 aromatic carbocycles. The average molecular weight is 203 g/mol. The summed E-state index contributed by atoms with van der Waals surface area (Å²) in [7, 11) is 0. The highest BCUT2D eigenvalue weighted by Gasteiger charge is 1.82. The Morgan fingerprint density at radius 3 is 2.38 bits per heavy atom. The second-order valence-electron chi connectivity index (χ2n) is 2.27. The van der Waals surface area contributed by atoms with E-state index in [1.165, 1.54) is 6.08 Å². The van der Waals surface area contributed by atoms with Crippen molar-refractivity contribution in [1.29, 1.82) is 0 Å². The molecule has 13 heavy (non-hydrogen) atoms. The number of unbranched alkanes of at least 4 members (excludes halogenated alkanes) is 1. The van der Waals surface area contributed by atoms with E-state index in [0.717, 1.165) is 12.8 Å². The van der Waals surface area contributed by atoms with Gasteiger partial charge < -0.3 is 5.11 Å². The second kappa shape index (κ2) is 11.0. The molecule has 0 saturated carbocycles. The molecular formula is C10H15ClO2. The molecule has 0 bridgehead atoms. The molecule has 74 valence electrons. The van der Waals surface area contributed by atoms with Gasteiger partial charge in [-0.2, -0.15) is 0 Å². The fourth-order valence-corrected chi connectivity index (χ4v) is 0.663. The monoisotopic (exact) mass is 202 g/mol. The van der Waals surface area contributed by atoms with Gasteiger partial charge in [0.2, 0.25) is 0 Å². The predicted octanol–water partition coefficient (Wildman–Crippen LogP) is 2.96. The lowest BCUT2D eigenvalue weighted by molar-refractivity contribution is -0.131. The van der Waals surface area contributed by atoms with Gasteiger partial charge in [0.25, 0.3) is 0 Å². The van der Waals surface area contributed by atoms with Crippen LogP contribution in [0.4, 0.5) is 0 Å². The first-order chi connectivity index (χ1) is 5.77. The first-order valence-electron chi connectivity index (χ1n) is 3.94. The van der Waals surface area contributed by atoms with E-state index in [1.807, 2.05) is 31.2 Å². The Hall–Kier alpha value is -1.02. The molecule has 0 aliphatic heterocycles. The minimum absolute atomic E-state index is 0. The van der Waals surface area contributed by atoms with Gasteiger partial charge in [0.05, 0.1) is 0 Å². The van der Waals surface area contributed by atoms with Crippen molar-refractivity contribution in [3.05, 3.63) is 36.5 Å². The summed E-state index contributed by atoms with van der Waals surface area (Å²) >= 11 is 0. The lowest BCUT2D eigenvalue weighted by Crippen LogP contribution is -1.84. The van der Waals surface area contributed by atoms with Crippen molar-refractivity contribution in [3.8, 4) is 0 Å². The Morgan fingerprint density at radius 1 is 1.23 bits per heavy atom. The van der Waals surface area contributed by atoms with Crippen molar-refractivity contribution in [2.45, 2.75) is 19.8 Å². The van der Waals surface area contributed by atoms with E-state index in [2.05, 4.69) is 0 Å². The van der Waals surface area contributed by atoms with Crippen LogP contribution in [-0.2, 0) is 4.79 Å². The molecule has 1 N–H and O–H groups in total. The number of carboxylic acid groups (broad SMARTS) is 1. The first-order valence-corrected chi connectivity index (χ1v) is 3.94. The summed E-state index contributed by atoms with van der Waals surface area (Å²) in [5, 5.41) is 8.24. The van der Waals surface area contributed by atoms with Crippen molar-refractivity contribution in [3.63, 3.8) is 0 Å². The molecule has 0 amide bonds. The maximum absolute atomic E-state index is 10.0. The normalized spacial score (nSPS) is 11.2. The first kappa shape index (κ1) is 14.5. The molecule has 0 rings (SSSR count). The Morgan fingerprint density at radius 2 is 1.85 bits per heavy atom. The zero-order chi connectivity index (χ0) is 9.23. The smallest absolute Gasteiger partial charge is 0.327 e. The SMILES string of the molecule is CC=CC=CCCC=CC(=O)O.Cl. The summed E-state index contributed by atoms with van der Waals surface area (Å²) in [6.45, 7) is 1.95.